The van der Waals surface area contributed by atoms with Crippen LogP contribution in [-0.4, -0.2) is 12.0 Å². The first-order valence-electron chi connectivity index (χ1n) is 4.03. The molecule has 2 heteroatoms. The normalized spacial score (nSPS) is 10.7. The summed E-state index contributed by atoms with van der Waals surface area (Å²) in [4.78, 5) is 11.0. The predicted molar refractivity (Wildman–Crippen MR) is 51.8 cm³/mol. The summed E-state index contributed by atoms with van der Waals surface area (Å²) in [7, 11) is 0. The maximum Gasteiger partial charge on any atom is 0.156 e. The third-order valence-electron chi connectivity index (χ3n) is 1.42. The van der Waals surface area contributed by atoms with Gasteiger partial charge in [-0.2, -0.15) is 0 Å². The minimum Gasteiger partial charge on any atom is -0.295 e. The van der Waals surface area contributed by atoms with E-state index in [1.54, 1.807) is 17.8 Å². The number of carbonyl (C=O) groups excluding carboxylic acids is 1. The highest BCUT2D eigenvalue weighted by Gasteiger charge is 1.94. The Kier molecular flexibility index (Phi) is 7.69. The van der Waals surface area contributed by atoms with Crippen LogP contribution in [0.25, 0.3) is 0 Å². The predicted octanol–water partition coefficient (Wildman–Crippen LogP) is 3.01. The average Bonchev–Trinajstić information content (AvgIpc) is 2.01. The van der Waals surface area contributed by atoms with Gasteiger partial charge in [-0.25, -0.2) is 0 Å². The molecule has 0 rings (SSSR count). The molecule has 0 atom stereocenters. The van der Waals surface area contributed by atoms with Gasteiger partial charge in [0.05, 0.1) is 0 Å². The van der Waals surface area contributed by atoms with Gasteiger partial charge in [0.25, 0.3) is 0 Å². The Morgan fingerprint density at radius 2 is 2.18 bits per heavy atom. The molecule has 11 heavy (non-hydrogen) atoms. The second-order valence-corrected chi connectivity index (χ2v) is 3.21. The van der Waals surface area contributed by atoms with E-state index in [1.807, 2.05) is 11.7 Å². The van der Waals surface area contributed by atoms with Crippen molar-refractivity contribution in [3.8, 4) is 0 Å². The highest BCUT2D eigenvalue weighted by molar-refractivity contribution is 8.01. The van der Waals surface area contributed by atoms with Crippen LogP contribution in [0, 0.1) is 0 Å². The molecule has 0 aromatic heterocycles. The van der Waals surface area contributed by atoms with Crippen LogP contribution >= 0.6 is 11.8 Å². The number of ketones is 1. The maximum absolute atomic E-state index is 11.0. The number of hydrogen-bond donors (Lipinski definition) is 0. The largest absolute Gasteiger partial charge is 0.295 e. The first-order chi connectivity index (χ1) is 5.31. The molecule has 0 spiro atoms. The molecule has 0 aliphatic heterocycles. The minimum atomic E-state index is 0.257. The standard InChI is InChI=1S/C9H16OS/c1-3-4-5-6-9(10)7-8-11-2/h7-8H,3-6H2,1-2H3/b8-7+. The van der Waals surface area contributed by atoms with E-state index in [1.165, 1.54) is 12.8 Å². The zero-order chi connectivity index (χ0) is 8.53. The molecule has 0 saturated heterocycles. The Labute approximate surface area is 73.3 Å². The van der Waals surface area contributed by atoms with Gasteiger partial charge in [-0.1, -0.05) is 19.8 Å². The van der Waals surface area contributed by atoms with Gasteiger partial charge in [-0.3, -0.25) is 4.79 Å². The summed E-state index contributed by atoms with van der Waals surface area (Å²) in [5, 5.41) is 1.84. The van der Waals surface area contributed by atoms with Crippen molar-refractivity contribution in [3.05, 3.63) is 11.5 Å². The van der Waals surface area contributed by atoms with Crippen LogP contribution < -0.4 is 0 Å². The van der Waals surface area contributed by atoms with Crippen LogP contribution in [0.3, 0.4) is 0 Å². The van der Waals surface area contributed by atoms with Crippen LogP contribution in [0.15, 0.2) is 11.5 Å². The number of unbranched alkanes of at least 4 members (excludes halogenated alkanes) is 2. The van der Waals surface area contributed by atoms with Crippen molar-refractivity contribution >= 4 is 17.5 Å². The lowest BCUT2D eigenvalue weighted by Gasteiger charge is -1.92. The Morgan fingerprint density at radius 1 is 1.45 bits per heavy atom. The second-order valence-electron chi connectivity index (χ2n) is 2.46. The van der Waals surface area contributed by atoms with Crippen molar-refractivity contribution in [2.24, 2.45) is 0 Å². The number of thioether (sulfide) groups is 1. The van der Waals surface area contributed by atoms with Crippen molar-refractivity contribution in [1.29, 1.82) is 0 Å². The lowest BCUT2D eigenvalue weighted by atomic mass is 10.1. The maximum atomic E-state index is 11.0. The lowest BCUT2D eigenvalue weighted by Crippen LogP contribution is -1.90. The van der Waals surface area contributed by atoms with Gasteiger partial charge in [-0.15, -0.1) is 11.8 Å². The van der Waals surface area contributed by atoms with Gasteiger partial charge in [0.1, 0.15) is 0 Å². The van der Waals surface area contributed by atoms with Gasteiger partial charge >= 0.3 is 0 Å². The van der Waals surface area contributed by atoms with Crippen molar-refractivity contribution in [3.63, 3.8) is 0 Å². The van der Waals surface area contributed by atoms with Crippen LogP contribution in [0.5, 0.6) is 0 Å². The highest BCUT2D eigenvalue weighted by Crippen LogP contribution is 2.01. The Balaban J connectivity index is 3.30. The first-order valence-corrected chi connectivity index (χ1v) is 5.32. The van der Waals surface area contributed by atoms with Crippen molar-refractivity contribution in [1.82, 2.24) is 0 Å². The van der Waals surface area contributed by atoms with Crippen molar-refractivity contribution in [2.75, 3.05) is 6.26 Å². The molecular formula is C9H16OS. The lowest BCUT2D eigenvalue weighted by molar-refractivity contribution is -0.114. The minimum absolute atomic E-state index is 0.257. The molecule has 0 unspecified atom stereocenters. The zero-order valence-electron chi connectivity index (χ0n) is 7.30. The zero-order valence-corrected chi connectivity index (χ0v) is 8.12. The van der Waals surface area contributed by atoms with E-state index in [9.17, 15) is 4.79 Å². The highest BCUT2D eigenvalue weighted by atomic mass is 32.2. The average molecular weight is 172 g/mol. The molecule has 0 N–H and O–H groups in total. The van der Waals surface area contributed by atoms with Gasteiger partial charge in [0, 0.05) is 6.42 Å². The molecule has 0 aliphatic rings. The monoisotopic (exact) mass is 172 g/mol. The topological polar surface area (TPSA) is 17.1 Å². The SMILES string of the molecule is CCCCCC(=O)/C=C/SC. The molecule has 1 nitrogen and oxygen atoms in total. The number of allylic oxidation sites excluding steroid dienone is 1. The molecule has 0 fully saturated rings. The van der Waals surface area contributed by atoms with Crippen molar-refractivity contribution in [2.45, 2.75) is 32.6 Å². The molecular weight excluding hydrogens is 156 g/mol. The number of hydrogen-bond acceptors (Lipinski definition) is 2. The van der Waals surface area contributed by atoms with Gasteiger partial charge in [0.2, 0.25) is 0 Å². The summed E-state index contributed by atoms with van der Waals surface area (Å²) in [5.41, 5.74) is 0. The smallest absolute Gasteiger partial charge is 0.156 e. The van der Waals surface area contributed by atoms with Crippen LogP contribution in [-0.2, 0) is 4.79 Å². The molecule has 0 heterocycles. The molecule has 0 aromatic rings. The van der Waals surface area contributed by atoms with E-state index in [4.69, 9.17) is 0 Å². The van der Waals surface area contributed by atoms with E-state index in [0.717, 1.165) is 6.42 Å². The molecule has 0 saturated carbocycles. The summed E-state index contributed by atoms with van der Waals surface area (Å²) in [6, 6.07) is 0. The third kappa shape index (κ3) is 7.66. The summed E-state index contributed by atoms with van der Waals surface area (Å²) in [6.07, 6.45) is 7.72. The first kappa shape index (κ1) is 10.8. The van der Waals surface area contributed by atoms with Crippen LogP contribution in [0.4, 0.5) is 0 Å². The van der Waals surface area contributed by atoms with E-state index >= 15 is 0 Å². The third-order valence-corrected chi connectivity index (χ3v) is 1.82. The summed E-state index contributed by atoms with van der Waals surface area (Å²) >= 11 is 1.57. The van der Waals surface area contributed by atoms with E-state index in [-0.39, 0.29) is 5.78 Å². The second kappa shape index (κ2) is 7.86. The number of carbonyl (C=O) groups is 1. The van der Waals surface area contributed by atoms with E-state index < -0.39 is 0 Å². The molecule has 0 aromatic carbocycles. The molecule has 64 valence electrons. The molecule has 0 amide bonds. The fraction of sp³-hybridized carbons (Fsp3) is 0.667. The fourth-order valence-electron chi connectivity index (χ4n) is 0.776. The van der Waals surface area contributed by atoms with Gasteiger partial charge in [0.15, 0.2) is 5.78 Å². The van der Waals surface area contributed by atoms with Crippen LogP contribution in [0.1, 0.15) is 32.6 Å². The summed E-state index contributed by atoms with van der Waals surface area (Å²) < 4.78 is 0. The molecule has 0 aliphatic carbocycles. The quantitative estimate of drug-likeness (QED) is 0.452. The van der Waals surface area contributed by atoms with Crippen molar-refractivity contribution < 1.29 is 4.79 Å². The number of rotatable bonds is 6. The van der Waals surface area contributed by atoms with Gasteiger partial charge < -0.3 is 0 Å². The van der Waals surface area contributed by atoms with E-state index in [2.05, 4.69) is 6.92 Å². The molecule has 0 bridgehead atoms. The Bertz CT molecular complexity index is 130. The Morgan fingerprint density at radius 3 is 2.73 bits per heavy atom. The fourth-order valence-corrected chi connectivity index (χ4v) is 1.06. The summed E-state index contributed by atoms with van der Waals surface area (Å²) in [5.74, 6) is 0.257. The van der Waals surface area contributed by atoms with E-state index in [0.29, 0.717) is 6.42 Å². The van der Waals surface area contributed by atoms with Gasteiger partial charge in [-0.05, 0) is 24.2 Å². The van der Waals surface area contributed by atoms with Crippen LogP contribution in [0.2, 0.25) is 0 Å². The molecule has 0 radical (unpaired) electrons. The Hall–Kier alpha value is -0.240. The summed E-state index contributed by atoms with van der Waals surface area (Å²) in [6.45, 7) is 2.14.